The number of aliphatic hydroxyl groups is 1. The Bertz CT molecular complexity index is 1260. The van der Waals surface area contributed by atoms with Gasteiger partial charge in [0.15, 0.2) is 0 Å². The molecule has 6 nitrogen and oxygen atoms in total. The lowest BCUT2D eigenvalue weighted by Gasteiger charge is -2.15. The molecule has 180 valence electrons. The smallest absolute Gasteiger partial charge is 0.387 e. The monoisotopic (exact) mass is 492 g/mol. The molecule has 0 bridgehead atoms. The summed E-state index contributed by atoms with van der Waals surface area (Å²) < 4.78 is 66.5. The van der Waals surface area contributed by atoms with E-state index in [0.29, 0.717) is 5.56 Å². The van der Waals surface area contributed by atoms with Gasteiger partial charge in [-0.25, -0.2) is 13.1 Å². The first-order valence-electron chi connectivity index (χ1n) is 10.2. The van der Waals surface area contributed by atoms with Crippen LogP contribution >= 0.6 is 0 Å². The van der Waals surface area contributed by atoms with Gasteiger partial charge in [0, 0.05) is 18.7 Å². The summed E-state index contributed by atoms with van der Waals surface area (Å²) in [5, 5.41) is 12.7. The number of halogens is 3. The minimum Gasteiger partial charge on any atom is -0.387 e. The van der Waals surface area contributed by atoms with Gasteiger partial charge in [-0.05, 0) is 47.9 Å². The number of hydrogen-bond acceptors (Lipinski definition) is 4. The second kappa shape index (κ2) is 10.4. The second-order valence-electron chi connectivity index (χ2n) is 7.64. The Morgan fingerprint density at radius 3 is 2.38 bits per heavy atom. The van der Waals surface area contributed by atoms with Gasteiger partial charge < -0.3 is 10.4 Å². The van der Waals surface area contributed by atoms with Crippen LogP contribution < -0.4 is 10.0 Å². The van der Waals surface area contributed by atoms with E-state index in [0.717, 1.165) is 17.7 Å². The number of aliphatic hydroxyl groups excluding tert-OH is 1. The molecule has 3 aromatic rings. The minimum absolute atomic E-state index is 0.00622. The molecule has 0 radical (unpaired) electrons. The molecule has 0 spiro atoms. The number of carbonyl (C=O) groups excluding carboxylic acids is 1. The summed E-state index contributed by atoms with van der Waals surface area (Å²) in [6, 6.07) is 17.2. The van der Waals surface area contributed by atoms with Crippen LogP contribution in [0.2, 0.25) is 0 Å². The topological polar surface area (TPSA) is 95.5 Å². The Balaban J connectivity index is 1.70. The van der Waals surface area contributed by atoms with Crippen molar-refractivity contribution >= 4 is 15.9 Å². The number of alkyl halides is 3. The zero-order valence-corrected chi connectivity index (χ0v) is 19.0. The first-order chi connectivity index (χ1) is 16.0. The predicted octanol–water partition coefficient (Wildman–Crippen LogP) is 3.96. The molecule has 0 saturated heterocycles. The molecule has 3 aromatic carbocycles. The molecule has 0 fully saturated rings. The Morgan fingerprint density at radius 2 is 1.71 bits per heavy atom. The highest BCUT2D eigenvalue weighted by Crippen LogP contribution is 2.30. The summed E-state index contributed by atoms with van der Waals surface area (Å²) in [5.74, 6) is -0.663. The summed E-state index contributed by atoms with van der Waals surface area (Å²) in [6.45, 7) is 1.33. The van der Waals surface area contributed by atoms with Crippen LogP contribution in [0.25, 0.3) is 0 Å². The number of nitrogens with one attached hydrogen (secondary N) is 2. The van der Waals surface area contributed by atoms with Crippen molar-refractivity contribution in [3.8, 4) is 0 Å². The Kier molecular flexibility index (Phi) is 7.75. The molecule has 0 aliphatic rings. The molecule has 0 heterocycles. The third-order valence-electron chi connectivity index (χ3n) is 5.13. The van der Waals surface area contributed by atoms with Gasteiger partial charge in [0.2, 0.25) is 10.0 Å². The molecule has 0 aromatic heterocycles. The van der Waals surface area contributed by atoms with E-state index >= 15 is 0 Å². The standard InChI is InChI=1S/C24H23F3N2O4S/c1-16-10-11-20(34(32,33)29-14-17-6-3-2-4-7-17)13-21(16)23(31)28-15-22(30)18-8-5-9-19(12-18)24(25,26)27/h2-13,22,29-30H,14-15H2,1H3,(H,28,31). The predicted molar refractivity (Wildman–Crippen MR) is 120 cm³/mol. The second-order valence-corrected chi connectivity index (χ2v) is 9.40. The highest BCUT2D eigenvalue weighted by Gasteiger charge is 2.31. The number of amides is 1. The third-order valence-corrected chi connectivity index (χ3v) is 6.53. The lowest BCUT2D eigenvalue weighted by molar-refractivity contribution is -0.137. The average Bonchev–Trinajstić information content (AvgIpc) is 2.81. The zero-order valence-electron chi connectivity index (χ0n) is 18.1. The lowest BCUT2D eigenvalue weighted by atomic mass is 10.0. The largest absolute Gasteiger partial charge is 0.416 e. The van der Waals surface area contributed by atoms with Crippen LogP contribution in [-0.4, -0.2) is 26.0 Å². The lowest BCUT2D eigenvalue weighted by Crippen LogP contribution is -2.29. The first kappa shape index (κ1) is 25.4. The maximum atomic E-state index is 12.9. The third kappa shape index (κ3) is 6.43. The highest BCUT2D eigenvalue weighted by atomic mass is 32.2. The number of carbonyl (C=O) groups is 1. The summed E-state index contributed by atoms with van der Waals surface area (Å²) >= 11 is 0. The van der Waals surface area contributed by atoms with E-state index in [1.165, 1.54) is 30.3 Å². The fourth-order valence-electron chi connectivity index (χ4n) is 3.20. The fourth-order valence-corrected chi connectivity index (χ4v) is 4.24. The van der Waals surface area contributed by atoms with Gasteiger partial charge in [0.25, 0.3) is 5.91 Å². The van der Waals surface area contributed by atoms with Crippen LogP contribution in [0.3, 0.4) is 0 Å². The van der Waals surface area contributed by atoms with Gasteiger partial charge in [0.1, 0.15) is 0 Å². The molecule has 0 aliphatic heterocycles. The molecular weight excluding hydrogens is 469 g/mol. The van der Waals surface area contributed by atoms with Crippen LogP contribution in [0.1, 0.15) is 38.7 Å². The van der Waals surface area contributed by atoms with Crippen molar-refractivity contribution < 1.29 is 31.5 Å². The summed E-state index contributed by atoms with van der Waals surface area (Å²) in [5.41, 5.74) is 0.409. The molecule has 0 aliphatic carbocycles. The Labute approximate surface area is 195 Å². The summed E-state index contributed by atoms with van der Waals surface area (Å²) in [6.07, 6.45) is -5.94. The number of hydrogen-bond donors (Lipinski definition) is 3. The Morgan fingerprint density at radius 1 is 1.00 bits per heavy atom. The van der Waals surface area contributed by atoms with Crippen LogP contribution in [0.15, 0.2) is 77.7 Å². The average molecular weight is 493 g/mol. The van der Waals surface area contributed by atoms with Crippen LogP contribution in [0.4, 0.5) is 13.2 Å². The van der Waals surface area contributed by atoms with E-state index in [4.69, 9.17) is 0 Å². The van der Waals surface area contributed by atoms with Crippen molar-refractivity contribution in [2.24, 2.45) is 0 Å². The van der Waals surface area contributed by atoms with Crippen molar-refractivity contribution in [1.29, 1.82) is 0 Å². The molecular formula is C24H23F3N2O4S. The van der Waals surface area contributed by atoms with Crippen molar-refractivity contribution in [3.63, 3.8) is 0 Å². The number of rotatable bonds is 8. The fraction of sp³-hybridized carbons (Fsp3) is 0.208. The van der Waals surface area contributed by atoms with Crippen LogP contribution in [0, 0.1) is 6.92 Å². The van der Waals surface area contributed by atoms with Gasteiger partial charge in [0.05, 0.1) is 16.6 Å². The quantitative estimate of drug-likeness (QED) is 0.444. The number of benzene rings is 3. The van der Waals surface area contributed by atoms with E-state index in [2.05, 4.69) is 10.0 Å². The molecule has 0 saturated carbocycles. The van der Waals surface area contributed by atoms with Crippen molar-refractivity contribution in [2.45, 2.75) is 30.6 Å². The molecule has 3 N–H and O–H groups in total. The van der Waals surface area contributed by atoms with Crippen LogP contribution in [0.5, 0.6) is 0 Å². The SMILES string of the molecule is Cc1ccc(S(=O)(=O)NCc2ccccc2)cc1C(=O)NCC(O)c1cccc(C(F)(F)F)c1. The molecule has 3 rings (SSSR count). The number of sulfonamides is 1. The van der Waals surface area contributed by atoms with Crippen molar-refractivity contribution in [3.05, 3.63) is 101 Å². The normalized spacial score (nSPS) is 12.9. The highest BCUT2D eigenvalue weighted by molar-refractivity contribution is 7.89. The van der Waals surface area contributed by atoms with Gasteiger partial charge in [-0.2, -0.15) is 13.2 Å². The van der Waals surface area contributed by atoms with Gasteiger partial charge >= 0.3 is 6.18 Å². The molecule has 1 unspecified atom stereocenters. The van der Waals surface area contributed by atoms with E-state index in [1.54, 1.807) is 31.2 Å². The maximum absolute atomic E-state index is 12.9. The first-order valence-corrected chi connectivity index (χ1v) is 11.7. The maximum Gasteiger partial charge on any atom is 0.416 e. The van der Waals surface area contributed by atoms with Gasteiger partial charge in [-0.1, -0.05) is 48.5 Å². The minimum atomic E-state index is -4.56. The number of aryl methyl sites for hydroxylation is 1. The molecule has 10 heteroatoms. The zero-order chi connectivity index (χ0) is 24.9. The van der Waals surface area contributed by atoms with E-state index < -0.39 is 33.8 Å². The van der Waals surface area contributed by atoms with E-state index in [9.17, 15) is 31.5 Å². The summed E-state index contributed by atoms with van der Waals surface area (Å²) in [7, 11) is -3.91. The molecule has 1 amide bonds. The van der Waals surface area contributed by atoms with Gasteiger partial charge in [-0.3, -0.25) is 4.79 Å². The van der Waals surface area contributed by atoms with Crippen molar-refractivity contribution in [1.82, 2.24) is 10.0 Å². The van der Waals surface area contributed by atoms with E-state index in [-0.39, 0.29) is 29.1 Å². The summed E-state index contributed by atoms with van der Waals surface area (Å²) in [4.78, 5) is 12.6. The Hall–Kier alpha value is -3.21. The molecule has 1 atom stereocenters. The molecule has 34 heavy (non-hydrogen) atoms. The van der Waals surface area contributed by atoms with Crippen molar-refractivity contribution in [2.75, 3.05) is 6.54 Å². The van der Waals surface area contributed by atoms with Crippen LogP contribution in [-0.2, 0) is 22.7 Å². The van der Waals surface area contributed by atoms with E-state index in [1.807, 2.05) is 6.07 Å². The van der Waals surface area contributed by atoms with Gasteiger partial charge in [-0.15, -0.1) is 0 Å².